The molecular weight excluding hydrogens is 276 g/mol. The lowest BCUT2D eigenvalue weighted by Gasteiger charge is -2.14. The van der Waals surface area contributed by atoms with Crippen LogP contribution in [-0.2, 0) is 14.6 Å². The number of carboxylic acid groups (broad SMARTS) is 1. The summed E-state index contributed by atoms with van der Waals surface area (Å²) in [6.07, 6.45) is 0. The van der Waals surface area contributed by atoms with Gasteiger partial charge in [0.25, 0.3) is 0 Å². The van der Waals surface area contributed by atoms with E-state index in [0.717, 1.165) is 5.56 Å². The van der Waals surface area contributed by atoms with Crippen LogP contribution in [0.3, 0.4) is 0 Å². The lowest BCUT2D eigenvalue weighted by atomic mass is 10.1. The minimum absolute atomic E-state index is 0.0133. The summed E-state index contributed by atoms with van der Waals surface area (Å²) in [6, 6.07) is 14.1. The van der Waals surface area contributed by atoms with Crippen molar-refractivity contribution < 1.29 is 18.3 Å². The molecule has 2 aromatic carbocycles. The molecule has 20 heavy (non-hydrogen) atoms. The van der Waals surface area contributed by atoms with Crippen molar-refractivity contribution in [2.75, 3.05) is 0 Å². The number of rotatable bonds is 4. The van der Waals surface area contributed by atoms with E-state index in [2.05, 4.69) is 0 Å². The molecule has 0 bridgehead atoms. The number of hydrogen-bond donors (Lipinski definition) is 1. The largest absolute Gasteiger partial charge is 0.480 e. The number of aryl methyl sites for hydroxylation is 1. The zero-order valence-electron chi connectivity index (χ0n) is 10.9. The summed E-state index contributed by atoms with van der Waals surface area (Å²) in [5.74, 6) is -1.38. The van der Waals surface area contributed by atoms with Crippen LogP contribution in [0.2, 0.25) is 0 Å². The molecule has 4 nitrogen and oxygen atoms in total. The first-order valence-corrected chi connectivity index (χ1v) is 7.56. The molecular formula is C15H14O4S. The number of benzene rings is 2. The Labute approximate surface area is 117 Å². The summed E-state index contributed by atoms with van der Waals surface area (Å²) in [5.41, 5.74) is 1.16. The monoisotopic (exact) mass is 290 g/mol. The molecule has 0 saturated carbocycles. The van der Waals surface area contributed by atoms with Gasteiger partial charge in [-0.2, -0.15) is 0 Å². The third-order valence-corrected chi connectivity index (χ3v) is 5.01. The van der Waals surface area contributed by atoms with Crippen LogP contribution in [-0.4, -0.2) is 19.5 Å². The molecule has 0 amide bonds. The van der Waals surface area contributed by atoms with E-state index in [-0.39, 0.29) is 10.5 Å². The minimum Gasteiger partial charge on any atom is -0.480 e. The van der Waals surface area contributed by atoms with Crippen molar-refractivity contribution in [2.45, 2.75) is 17.1 Å². The fraction of sp³-hybridized carbons (Fsp3) is 0.133. The van der Waals surface area contributed by atoms with Gasteiger partial charge in [0, 0.05) is 0 Å². The van der Waals surface area contributed by atoms with Crippen molar-refractivity contribution >= 4 is 15.8 Å². The first-order valence-electron chi connectivity index (χ1n) is 6.01. The van der Waals surface area contributed by atoms with Crippen molar-refractivity contribution in [3.8, 4) is 0 Å². The first kappa shape index (κ1) is 14.3. The molecule has 1 N–H and O–H groups in total. The highest BCUT2D eigenvalue weighted by atomic mass is 32.2. The molecule has 0 aliphatic rings. The SMILES string of the molecule is Cc1ccc(S(=O)(=O)C(C(=O)O)c2ccccc2)cc1. The molecule has 1 atom stereocenters. The Hall–Kier alpha value is -2.14. The van der Waals surface area contributed by atoms with Gasteiger partial charge in [-0.1, -0.05) is 48.0 Å². The third kappa shape index (κ3) is 2.72. The molecule has 0 aliphatic carbocycles. The summed E-state index contributed by atoms with van der Waals surface area (Å²) in [7, 11) is -3.97. The second-order valence-electron chi connectivity index (χ2n) is 4.49. The molecule has 0 aliphatic heterocycles. The Morgan fingerprint density at radius 3 is 2.05 bits per heavy atom. The summed E-state index contributed by atoms with van der Waals surface area (Å²) in [4.78, 5) is 11.4. The molecule has 2 rings (SSSR count). The van der Waals surface area contributed by atoms with Crippen LogP contribution in [0.4, 0.5) is 0 Å². The van der Waals surface area contributed by atoms with E-state index in [1.807, 2.05) is 6.92 Å². The van der Waals surface area contributed by atoms with Crippen LogP contribution < -0.4 is 0 Å². The van der Waals surface area contributed by atoms with E-state index in [9.17, 15) is 18.3 Å². The van der Waals surface area contributed by atoms with Crippen molar-refractivity contribution in [3.05, 3.63) is 65.7 Å². The Kier molecular flexibility index (Phi) is 3.90. The first-order chi connectivity index (χ1) is 9.43. The van der Waals surface area contributed by atoms with E-state index >= 15 is 0 Å². The van der Waals surface area contributed by atoms with Gasteiger partial charge in [0.2, 0.25) is 0 Å². The molecule has 0 spiro atoms. The van der Waals surface area contributed by atoms with Gasteiger partial charge in [0.05, 0.1) is 4.90 Å². The number of carbonyl (C=O) groups is 1. The van der Waals surface area contributed by atoms with Gasteiger partial charge in [-0.3, -0.25) is 4.79 Å². The lowest BCUT2D eigenvalue weighted by Crippen LogP contribution is -2.22. The highest BCUT2D eigenvalue weighted by Gasteiger charge is 2.35. The van der Waals surface area contributed by atoms with Gasteiger partial charge in [-0.15, -0.1) is 0 Å². The second-order valence-corrected chi connectivity index (χ2v) is 6.52. The van der Waals surface area contributed by atoms with E-state index < -0.39 is 21.1 Å². The summed E-state index contributed by atoms with van der Waals surface area (Å²) < 4.78 is 25.0. The predicted octanol–water partition coefficient (Wildman–Crippen LogP) is 2.59. The predicted molar refractivity (Wildman–Crippen MR) is 75.2 cm³/mol. The van der Waals surface area contributed by atoms with Gasteiger partial charge in [-0.05, 0) is 24.6 Å². The van der Waals surface area contributed by atoms with E-state index in [1.165, 1.54) is 24.3 Å². The molecule has 0 fully saturated rings. The molecule has 0 aromatic heterocycles. The van der Waals surface area contributed by atoms with Crippen LogP contribution in [0.15, 0.2) is 59.5 Å². The van der Waals surface area contributed by atoms with E-state index in [4.69, 9.17) is 0 Å². The number of sulfone groups is 1. The topological polar surface area (TPSA) is 71.4 Å². The molecule has 2 aromatic rings. The number of hydrogen-bond acceptors (Lipinski definition) is 3. The Morgan fingerprint density at radius 1 is 1.00 bits per heavy atom. The van der Waals surface area contributed by atoms with Gasteiger partial charge >= 0.3 is 5.97 Å². The highest BCUT2D eigenvalue weighted by Crippen LogP contribution is 2.29. The summed E-state index contributed by atoms with van der Waals surface area (Å²) in [6.45, 7) is 1.84. The average molecular weight is 290 g/mol. The summed E-state index contributed by atoms with van der Waals surface area (Å²) >= 11 is 0. The minimum atomic E-state index is -3.97. The Morgan fingerprint density at radius 2 is 1.55 bits per heavy atom. The van der Waals surface area contributed by atoms with Crippen LogP contribution in [0.5, 0.6) is 0 Å². The fourth-order valence-corrected chi connectivity index (χ4v) is 3.51. The quantitative estimate of drug-likeness (QED) is 0.939. The van der Waals surface area contributed by atoms with E-state index in [1.54, 1.807) is 30.3 Å². The average Bonchev–Trinajstić information content (AvgIpc) is 2.39. The van der Waals surface area contributed by atoms with Crippen LogP contribution in [0, 0.1) is 6.92 Å². The standard InChI is InChI=1S/C15H14O4S/c1-11-7-9-13(10-8-11)20(18,19)14(15(16)17)12-5-3-2-4-6-12/h2-10,14H,1H3,(H,16,17). The Bertz CT molecular complexity index is 703. The smallest absolute Gasteiger partial charge is 0.326 e. The third-order valence-electron chi connectivity index (χ3n) is 2.99. The van der Waals surface area contributed by atoms with Crippen molar-refractivity contribution in [2.24, 2.45) is 0 Å². The van der Waals surface area contributed by atoms with Crippen LogP contribution in [0.25, 0.3) is 0 Å². The molecule has 104 valence electrons. The zero-order valence-corrected chi connectivity index (χ0v) is 11.7. The molecule has 0 heterocycles. The molecule has 0 radical (unpaired) electrons. The second kappa shape index (κ2) is 5.46. The zero-order chi connectivity index (χ0) is 14.8. The normalized spacial score (nSPS) is 12.8. The van der Waals surface area contributed by atoms with E-state index in [0.29, 0.717) is 0 Å². The maximum absolute atomic E-state index is 12.5. The number of carboxylic acids is 1. The maximum atomic E-state index is 12.5. The maximum Gasteiger partial charge on any atom is 0.326 e. The molecule has 0 saturated heterocycles. The van der Waals surface area contributed by atoms with Crippen LogP contribution >= 0.6 is 0 Å². The lowest BCUT2D eigenvalue weighted by molar-refractivity contribution is -0.136. The van der Waals surface area contributed by atoms with Crippen molar-refractivity contribution in [1.29, 1.82) is 0 Å². The fourth-order valence-electron chi connectivity index (χ4n) is 1.95. The number of aliphatic carboxylic acids is 1. The summed E-state index contributed by atoms with van der Waals surface area (Å²) in [5, 5.41) is 7.71. The Balaban J connectivity index is 2.54. The van der Waals surface area contributed by atoms with Crippen molar-refractivity contribution in [1.82, 2.24) is 0 Å². The van der Waals surface area contributed by atoms with Crippen LogP contribution in [0.1, 0.15) is 16.4 Å². The highest BCUT2D eigenvalue weighted by molar-refractivity contribution is 7.92. The van der Waals surface area contributed by atoms with Crippen molar-refractivity contribution in [3.63, 3.8) is 0 Å². The van der Waals surface area contributed by atoms with Gasteiger partial charge < -0.3 is 5.11 Å². The van der Waals surface area contributed by atoms with Gasteiger partial charge in [-0.25, -0.2) is 8.42 Å². The van der Waals surface area contributed by atoms with Gasteiger partial charge in [0.15, 0.2) is 15.1 Å². The molecule has 1 unspecified atom stereocenters. The molecule has 5 heteroatoms. The van der Waals surface area contributed by atoms with Gasteiger partial charge in [0.1, 0.15) is 0 Å².